The van der Waals surface area contributed by atoms with Gasteiger partial charge in [-0.25, -0.2) is 0 Å². The van der Waals surface area contributed by atoms with E-state index in [1.54, 1.807) is 7.05 Å². The first-order valence-corrected chi connectivity index (χ1v) is 5.25. The monoisotopic (exact) mass is 195 g/mol. The Morgan fingerprint density at radius 2 is 2.21 bits per heavy atom. The minimum Gasteiger partial charge on any atom is -0.330 e. The summed E-state index contributed by atoms with van der Waals surface area (Å²) < 4.78 is 0. The highest BCUT2D eigenvalue weighted by molar-refractivity contribution is 4.97. The molecular weight excluding hydrogens is 178 g/mol. The molecule has 1 atom stereocenters. The minimum atomic E-state index is 0.311. The van der Waals surface area contributed by atoms with Crippen molar-refractivity contribution in [2.75, 3.05) is 6.54 Å². The van der Waals surface area contributed by atoms with Gasteiger partial charge in [-0.05, 0) is 24.0 Å². The Labute approximate surface area is 83.7 Å². The molecular formula is C9H17N5. The van der Waals surface area contributed by atoms with E-state index in [4.69, 9.17) is 5.73 Å². The number of rotatable bonds is 3. The number of aromatic nitrogens is 4. The van der Waals surface area contributed by atoms with Gasteiger partial charge in [-0.15, -0.1) is 10.2 Å². The van der Waals surface area contributed by atoms with E-state index in [0.717, 1.165) is 5.82 Å². The van der Waals surface area contributed by atoms with Gasteiger partial charge in [0.2, 0.25) is 0 Å². The number of hydrogen-bond acceptors (Lipinski definition) is 4. The lowest BCUT2D eigenvalue weighted by Gasteiger charge is -2.17. The zero-order chi connectivity index (χ0) is 9.97. The van der Waals surface area contributed by atoms with Crippen molar-refractivity contribution in [1.82, 2.24) is 20.2 Å². The van der Waals surface area contributed by atoms with Crippen LogP contribution in [-0.2, 0) is 7.05 Å². The van der Waals surface area contributed by atoms with Crippen molar-refractivity contribution in [1.29, 1.82) is 0 Å². The summed E-state index contributed by atoms with van der Waals surface area (Å²) in [5, 5.41) is 12.2. The standard InChI is InChI=1S/C9H17N5/c1-14-12-9(11-13-14)8(6-10)7-4-2-3-5-7/h7-8H,2-6,10H2,1H3. The third-order valence-corrected chi connectivity index (χ3v) is 3.08. The summed E-state index contributed by atoms with van der Waals surface area (Å²) in [5.74, 6) is 1.80. The molecule has 2 rings (SSSR count). The fourth-order valence-corrected chi connectivity index (χ4v) is 2.32. The van der Waals surface area contributed by atoms with Crippen LogP contribution in [-0.4, -0.2) is 26.8 Å². The van der Waals surface area contributed by atoms with Gasteiger partial charge in [0.15, 0.2) is 5.82 Å². The van der Waals surface area contributed by atoms with Crippen LogP contribution in [0.1, 0.15) is 37.4 Å². The lowest BCUT2D eigenvalue weighted by atomic mass is 9.90. The molecule has 5 heteroatoms. The molecule has 14 heavy (non-hydrogen) atoms. The number of nitrogens with zero attached hydrogens (tertiary/aromatic N) is 4. The highest BCUT2D eigenvalue weighted by Crippen LogP contribution is 2.35. The number of tetrazole rings is 1. The SMILES string of the molecule is Cn1nnc(C(CN)C2CCCC2)n1. The van der Waals surface area contributed by atoms with Gasteiger partial charge >= 0.3 is 0 Å². The van der Waals surface area contributed by atoms with Gasteiger partial charge in [0.05, 0.1) is 7.05 Å². The van der Waals surface area contributed by atoms with Crippen LogP contribution in [0.4, 0.5) is 0 Å². The highest BCUT2D eigenvalue weighted by Gasteiger charge is 2.28. The topological polar surface area (TPSA) is 69.6 Å². The molecule has 2 N–H and O–H groups in total. The maximum absolute atomic E-state index is 5.78. The van der Waals surface area contributed by atoms with Gasteiger partial charge in [-0.2, -0.15) is 4.80 Å². The Hall–Kier alpha value is -0.970. The normalized spacial score (nSPS) is 20.1. The summed E-state index contributed by atoms with van der Waals surface area (Å²) in [6, 6.07) is 0. The first-order valence-electron chi connectivity index (χ1n) is 5.25. The van der Waals surface area contributed by atoms with Crippen molar-refractivity contribution in [2.45, 2.75) is 31.6 Å². The van der Waals surface area contributed by atoms with E-state index in [1.807, 2.05) is 0 Å². The Morgan fingerprint density at radius 3 is 2.71 bits per heavy atom. The molecule has 1 aromatic heterocycles. The molecule has 0 bridgehead atoms. The van der Waals surface area contributed by atoms with Crippen LogP contribution >= 0.6 is 0 Å². The third-order valence-electron chi connectivity index (χ3n) is 3.08. The van der Waals surface area contributed by atoms with Crippen molar-refractivity contribution in [3.8, 4) is 0 Å². The molecule has 0 aliphatic heterocycles. The number of hydrogen-bond donors (Lipinski definition) is 1. The second-order valence-electron chi connectivity index (χ2n) is 4.02. The average molecular weight is 195 g/mol. The van der Waals surface area contributed by atoms with E-state index in [2.05, 4.69) is 15.4 Å². The Balaban J connectivity index is 2.12. The molecule has 0 amide bonds. The summed E-state index contributed by atoms with van der Waals surface area (Å²) in [7, 11) is 1.79. The van der Waals surface area contributed by atoms with Crippen molar-refractivity contribution in [3.05, 3.63) is 5.82 Å². The van der Waals surface area contributed by atoms with Crippen LogP contribution in [0.15, 0.2) is 0 Å². The van der Waals surface area contributed by atoms with Crippen LogP contribution in [0.5, 0.6) is 0 Å². The largest absolute Gasteiger partial charge is 0.330 e. The summed E-state index contributed by atoms with van der Waals surface area (Å²) in [6.45, 7) is 0.635. The summed E-state index contributed by atoms with van der Waals surface area (Å²) in [4.78, 5) is 1.51. The van der Waals surface area contributed by atoms with Gasteiger partial charge in [0.25, 0.3) is 0 Å². The zero-order valence-electron chi connectivity index (χ0n) is 8.56. The number of aryl methyl sites for hydroxylation is 1. The molecule has 5 nitrogen and oxygen atoms in total. The van der Waals surface area contributed by atoms with Crippen molar-refractivity contribution in [3.63, 3.8) is 0 Å². The highest BCUT2D eigenvalue weighted by atomic mass is 15.6. The fraction of sp³-hybridized carbons (Fsp3) is 0.889. The maximum Gasteiger partial charge on any atom is 0.179 e. The van der Waals surface area contributed by atoms with E-state index in [1.165, 1.54) is 30.5 Å². The van der Waals surface area contributed by atoms with Crippen LogP contribution in [0, 0.1) is 5.92 Å². The van der Waals surface area contributed by atoms with Crippen LogP contribution < -0.4 is 5.73 Å². The molecule has 1 aliphatic rings. The third kappa shape index (κ3) is 1.77. The molecule has 1 aliphatic carbocycles. The molecule has 0 saturated heterocycles. The molecule has 1 aromatic rings. The van der Waals surface area contributed by atoms with Crippen LogP contribution in [0.25, 0.3) is 0 Å². The molecule has 1 fully saturated rings. The summed E-state index contributed by atoms with van der Waals surface area (Å²) >= 11 is 0. The van der Waals surface area contributed by atoms with Gasteiger partial charge < -0.3 is 5.73 Å². The zero-order valence-corrected chi connectivity index (χ0v) is 8.56. The summed E-state index contributed by atoms with van der Waals surface area (Å²) in [6.07, 6.45) is 5.17. The minimum absolute atomic E-state index is 0.311. The first kappa shape index (κ1) is 9.58. The molecule has 78 valence electrons. The predicted octanol–water partition coefficient (Wildman–Crippen LogP) is 0.443. The molecule has 1 heterocycles. The average Bonchev–Trinajstić information content (AvgIpc) is 2.79. The van der Waals surface area contributed by atoms with Crippen molar-refractivity contribution < 1.29 is 0 Å². The van der Waals surface area contributed by atoms with Crippen LogP contribution in [0.2, 0.25) is 0 Å². The van der Waals surface area contributed by atoms with E-state index >= 15 is 0 Å². The molecule has 0 aromatic carbocycles. The number of nitrogens with two attached hydrogens (primary N) is 1. The second kappa shape index (κ2) is 4.04. The van der Waals surface area contributed by atoms with Gasteiger partial charge in [-0.1, -0.05) is 12.8 Å². The smallest absolute Gasteiger partial charge is 0.179 e. The van der Waals surface area contributed by atoms with Crippen molar-refractivity contribution in [2.24, 2.45) is 18.7 Å². The summed E-state index contributed by atoms with van der Waals surface area (Å²) in [5.41, 5.74) is 5.78. The quantitative estimate of drug-likeness (QED) is 0.760. The van der Waals surface area contributed by atoms with Crippen LogP contribution in [0.3, 0.4) is 0 Å². The fourth-order valence-electron chi connectivity index (χ4n) is 2.32. The van der Waals surface area contributed by atoms with E-state index in [-0.39, 0.29) is 0 Å². The Kier molecular flexibility index (Phi) is 2.77. The maximum atomic E-state index is 5.78. The van der Waals surface area contributed by atoms with E-state index < -0.39 is 0 Å². The van der Waals surface area contributed by atoms with E-state index in [9.17, 15) is 0 Å². The molecule has 0 spiro atoms. The lowest BCUT2D eigenvalue weighted by Crippen LogP contribution is -2.21. The lowest BCUT2D eigenvalue weighted by molar-refractivity contribution is 0.422. The predicted molar refractivity (Wildman–Crippen MR) is 52.6 cm³/mol. The second-order valence-corrected chi connectivity index (χ2v) is 4.02. The molecule has 1 saturated carbocycles. The Morgan fingerprint density at radius 1 is 1.50 bits per heavy atom. The van der Waals surface area contributed by atoms with Gasteiger partial charge in [-0.3, -0.25) is 0 Å². The Bertz CT molecular complexity index is 289. The van der Waals surface area contributed by atoms with Gasteiger partial charge in [0.1, 0.15) is 0 Å². The van der Waals surface area contributed by atoms with E-state index in [0.29, 0.717) is 18.4 Å². The van der Waals surface area contributed by atoms with Gasteiger partial charge in [0, 0.05) is 12.5 Å². The van der Waals surface area contributed by atoms with Crippen molar-refractivity contribution >= 4 is 0 Å². The first-order chi connectivity index (χ1) is 6.81. The molecule has 1 unspecified atom stereocenters. The molecule has 0 radical (unpaired) electrons.